The van der Waals surface area contributed by atoms with Crippen LogP contribution in [0.5, 0.6) is 0 Å². The van der Waals surface area contributed by atoms with Gasteiger partial charge in [0.15, 0.2) is 0 Å². The van der Waals surface area contributed by atoms with E-state index in [-0.39, 0.29) is 5.41 Å². The standard InChI is InChI=1S/C49H38N2/c1-5-12-33(6-2)48(51-41-22-20-34-13-7-8-14-36(34)28-41)40-27-38-15-9-10-18-42(38)45(29-40)39-17-11-16-35(26-39)37-21-24-44-43-23-19-32(31-50)25-46(43)49(3,4)47(44)30-37/h5-30H,1-4H3/b12-5-,33-6+,51-48-. The number of fused-ring (bicyclic) bond motifs is 5. The van der Waals surface area contributed by atoms with Crippen molar-refractivity contribution in [3.63, 3.8) is 0 Å². The molecule has 0 saturated heterocycles. The van der Waals surface area contributed by atoms with Crippen molar-refractivity contribution in [1.29, 1.82) is 5.26 Å². The van der Waals surface area contributed by atoms with Crippen molar-refractivity contribution in [2.45, 2.75) is 33.1 Å². The summed E-state index contributed by atoms with van der Waals surface area (Å²) < 4.78 is 0. The van der Waals surface area contributed by atoms with Gasteiger partial charge in [0.1, 0.15) is 0 Å². The molecule has 51 heavy (non-hydrogen) atoms. The predicted molar refractivity (Wildman–Crippen MR) is 216 cm³/mol. The summed E-state index contributed by atoms with van der Waals surface area (Å²) in [6.45, 7) is 8.66. The van der Waals surface area contributed by atoms with Crippen molar-refractivity contribution in [2.24, 2.45) is 4.99 Å². The third-order valence-corrected chi connectivity index (χ3v) is 10.4. The zero-order chi connectivity index (χ0) is 35.1. The van der Waals surface area contributed by atoms with Gasteiger partial charge < -0.3 is 0 Å². The van der Waals surface area contributed by atoms with E-state index in [4.69, 9.17) is 4.99 Å². The Morgan fingerprint density at radius 3 is 2.10 bits per heavy atom. The van der Waals surface area contributed by atoms with Crippen molar-refractivity contribution in [3.05, 3.63) is 186 Å². The lowest BCUT2D eigenvalue weighted by Gasteiger charge is -2.22. The van der Waals surface area contributed by atoms with Crippen LogP contribution >= 0.6 is 0 Å². The van der Waals surface area contributed by atoms with E-state index in [9.17, 15) is 5.26 Å². The van der Waals surface area contributed by atoms with Gasteiger partial charge in [-0.25, -0.2) is 4.99 Å². The molecule has 7 aromatic rings. The number of nitrogens with zero attached hydrogens (tertiary/aromatic N) is 2. The normalized spacial score (nSPS) is 13.8. The quantitative estimate of drug-likeness (QED) is 0.130. The molecule has 0 bridgehead atoms. The molecule has 1 aliphatic rings. The van der Waals surface area contributed by atoms with Crippen LogP contribution in [0, 0.1) is 11.3 Å². The fourth-order valence-electron chi connectivity index (χ4n) is 7.70. The fraction of sp³-hybridized carbons (Fsp3) is 0.102. The predicted octanol–water partition coefficient (Wildman–Crippen LogP) is 13.1. The van der Waals surface area contributed by atoms with Crippen LogP contribution in [-0.2, 0) is 5.41 Å². The van der Waals surface area contributed by atoms with Gasteiger partial charge in [-0.05, 0) is 134 Å². The summed E-state index contributed by atoms with van der Waals surface area (Å²) in [4.78, 5) is 5.33. The maximum Gasteiger partial charge on any atom is 0.0991 e. The van der Waals surface area contributed by atoms with Gasteiger partial charge in [-0.15, -0.1) is 0 Å². The van der Waals surface area contributed by atoms with Gasteiger partial charge >= 0.3 is 0 Å². The van der Waals surface area contributed by atoms with E-state index in [1.165, 1.54) is 60.5 Å². The molecule has 2 heteroatoms. The number of rotatable bonds is 6. The minimum atomic E-state index is -0.201. The van der Waals surface area contributed by atoms with Gasteiger partial charge in [0, 0.05) is 11.0 Å². The van der Waals surface area contributed by atoms with Crippen LogP contribution in [0.15, 0.2) is 168 Å². The topological polar surface area (TPSA) is 36.1 Å². The maximum atomic E-state index is 9.58. The Kier molecular flexibility index (Phi) is 8.06. The molecule has 0 atom stereocenters. The first kappa shape index (κ1) is 31.9. The Hall–Kier alpha value is -6.30. The van der Waals surface area contributed by atoms with Crippen LogP contribution in [0.25, 0.3) is 54.9 Å². The highest BCUT2D eigenvalue weighted by atomic mass is 14.7. The summed E-state index contributed by atoms with van der Waals surface area (Å²) in [7, 11) is 0. The second kappa shape index (κ2) is 12.9. The average molecular weight is 655 g/mol. The summed E-state index contributed by atoms with van der Waals surface area (Å²) >= 11 is 0. The van der Waals surface area contributed by atoms with Gasteiger partial charge in [0.2, 0.25) is 0 Å². The number of aliphatic imine (C=N–C) groups is 1. The molecule has 0 aromatic heterocycles. The van der Waals surface area contributed by atoms with E-state index in [0.717, 1.165) is 28.1 Å². The molecule has 0 N–H and O–H groups in total. The van der Waals surface area contributed by atoms with Crippen molar-refractivity contribution in [3.8, 4) is 39.4 Å². The Labute approximate surface area is 300 Å². The van der Waals surface area contributed by atoms with E-state index in [2.05, 4.69) is 185 Å². The van der Waals surface area contributed by atoms with E-state index < -0.39 is 0 Å². The highest BCUT2D eigenvalue weighted by Crippen LogP contribution is 2.50. The van der Waals surface area contributed by atoms with E-state index in [1.54, 1.807) is 0 Å². The fourth-order valence-corrected chi connectivity index (χ4v) is 7.70. The lowest BCUT2D eigenvalue weighted by molar-refractivity contribution is 0.660. The third-order valence-electron chi connectivity index (χ3n) is 10.4. The third kappa shape index (κ3) is 5.68. The van der Waals surface area contributed by atoms with Gasteiger partial charge in [-0.3, -0.25) is 0 Å². The molecular formula is C49H38N2. The molecule has 0 spiro atoms. The van der Waals surface area contributed by atoms with Gasteiger partial charge in [-0.2, -0.15) is 5.26 Å². The molecule has 2 nitrogen and oxygen atoms in total. The largest absolute Gasteiger partial charge is 0.248 e. The van der Waals surface area contributed by atoms with Crippen LogP contribution in [0.1, 0.15) is 49.9 Å². The van der Waals surface area contributed by atoms with Crippen molar-refractivity contribution in [1.82, 2.24) is 0 Å². The highest BCUT2D eigenvalue weighted by Gasteiger charge is 2.35. The molecule has 244 valence electrons. The van der Waals surface area contributed by atoms with Crippen LogP contribution < -0.4 is 0 Å². The molecule has 1 aliphatic carbocycles. The Morgan fingerprint density at radius 1 is 0.608 bits per heavy atom. The summed E-state index contributed by atoms with van der Waals surface area (Å²) in [5, 5.41) is 14.3. The van der Waals surface area contributed by atoms with E-state index in [0.29, 0.717) is 5.56 Å². The minimum absolute atomic E-state index is 0.201. The van der Waals surface area contributed by atoms with Gasteiger partial charge in [0.05, 0.1) is 23.0 Å². The Balaban J connectivity index is 1.26. The summed E-state index contributed by atoms with van der Waals surface area (Å²) in [5.41, 5.74) is 14.2. The second-order valence-electron chi connectivity index (χ2n) is 13.8. The zero-order valence-corrected chi connectivity index (χ0v) is 29.4. The van der Waals surface area contributed by atoms with E-state index >= 15 is 0 Å². The van der Waals surface area contributed by atoms with Crippen LogP contribution in [0.3, 0.4) is 0 Å². The SMILES string of the molecule is C\C=C/C(=C\C)C(=N/c1ccc2ccccc2c1)/c1cc(-c2cccc(-c3ccc4c(c3)C(C)(C)c3cc(C#N)ccc3-4)c2)c2ccccc2c1. The second-order valence-corrected chi connectivity index (χ2v) is 13.8. The maximum absolute atomic E-state index is 9.58. The van der Waals surface area contributed by atoms with Gasteiger partial charge in [0.25, 0.3) is 0 Å². The molecular weight excluding hydrogens is 617 g/mol. The van der Waals surface area contributed by atoms with Crippen LogP contribution in [-0.4, -0.2) is 5.71 Å². The molecule has 0 fully saturated rings. The molecule has 0 radical (unpaired) electrons. The number of nitriles is 1. The highest BCUT2D eigenvalue weighted by molar-refractivity contribution is 6.18. The Morgan fingerprint density at radius 2 is 1.31 bits per heavy atom. The molecule has 7 aromatic carbocycles. The lowest BCUT2D eigenvalue weighted by atomic mass is 9.81. The average Bonchev–Trinajstić information content (AvgIpc) is 3.40. The smallest absolute Gasteiger partial charge is 0.0991 e. The first-order valence-electron chi connectivity index (χ1n) is 17.6. The molecule has 0 unspecified atom stereocenters. The monoisotopic (exact) mass is 654 g/mol. The molecule has 0 heterocycles. The zero-order valence-electron chi connectivity index (χ0n) is 29.4. The summed E-state index contributed by atoms with van der Waals surface area (Å²) in [6, 6.07) is 52.2. The molecule has 0 aliphatic heterocycles. The lowest BCUT2D eigenvalue weighted by Crippen LogP contribution is -2.15. The van der Waals surface area contributed by atoms with Crippen LogP contribution in [0.4, 0.5) is 5.69 Å². The number of hydrogen-bond acceptors (Lipinski definition) is 2. The van der Waals surface area contributed by atoms with Crippen LogP contribution in [0.2, 0.25) is 0 Å². The van der Waals surface area contributed by atoms with E-state index in [1.807, 2.05) is 6.07 Å². The number of benzene rings is 7. The first-order chi connectivity index (χ1) is 24.9. The Bertz CT molecular complexity index is 2640. The minimum Gasteiger partial charge on any atom is -0.248 e. The van der Waals surface area contributed by atoms with Gasteiger partial charge in [-0.1, -0.05) is 123 Å². The van der Waals surface area contributed by atoms with Crippen molar-refractivity contribution in [2.75, 3.05) is 0 Å². The molecule has 8 rings (SSSR count). The first-order valence-corrected chi connectivity index (χ1v) is 17.6. The van der Waals surface area contributed by atoms with Crippen molar-refractivity contribution < 1.29 is 0 Å². The molecule has 0 saturated carbocycles. The van der Waals surface area contributed by atoms with Crippen molar-refractivity contribution >= 4 is 32.9 Å². The summed E-state index contributed by atoms with van der Waals surface area (Å²) in [6.07, 6.45) is 6.36. The molecule has 0 amide bonds. The number of allylic oxidation sites excluding steroid dienone is 4. The number of hydrogen-bond donors (Lipinski definition) is 0. The summed E-state index contributed by atoms with van der Waals surface area (Å²) in [5.74, 6) is 0.